The highest BCUT2D eigenvalue weighted by molar-refractivity contribution is 9.10. The standard InChI is InChI=1S/C18H26BrNO/c1-21-11-10-20-14-17(16-7-3-2-4-8-16)12-15-6-5-9-18(19)13-15/h5-6,9,12-13,16,20H,2-4,7-8,10-11,14H2,1H3/b17-12-. The number of rotatable bonds is 7. The summed E-state index contributed by atoms with van der Waals surface area (Å²) in [4.78, 5) is 0. The van der Waals surface area contributed by atoms with E-state index < -0.39 is 0 Å². The average Bonchev–Trinajstić information content (AvgIpc) is 2.51. The van der Waals surface area contributed by atoms with Crippen LogP contribution in [-0.4, -0.2) is 26.8 Å². The van der Waals surface area contributed by atoms with Gasteiger partial charge in [-0.15, -0.1) is 0 Å². The van der Waals surface area contributed by atoms with Gasteiger partial charge in [0.2, 0.25) is 0 Å². The fourth-order valence-corrected chi connectivity index (χ4v) is 3.42. The predicted molar refractivity (Wildman–Crippen MR) is 93.4 cm³/mol. The third-order valence-corrected chi connectivity index (χ3v) is 4.64. The topological polar surface area (TPSA) is 21.3 Å². The Morgan fingerprint density at radius 3 is 2.86 bits per heavy atom. The molecule has 2 nitrogen and oxygen atoms in total. The number of halogens is 1. The summed E-state index contributed by atoms with van der Waals surface area (Å²) in [5.41, 5.74) is 2.84. The SMILES string of the molecule is COCCNC/C(=C/c1cccc(Br)c1)C1CCCCC1. The van der Waals surface area contributed by atoms with Crippen molar-refractivity contribution in [2.75, 3.05) is 26.8 Å². The molecule has 2 rings (SSSR count). The van der Waals surface area contributed by atoms with Crippen LogP contribution in [0.3, 0.4) is 0 Å². The Balaban J connectivity index is 2.06. The molecule has 1 aromatic carbocycles. The fourth-order valence-electron chi connectivity index (χ4n) is 3.00. The van der Waals surface area contributed by atoms with Gasteiger partial charge < -0.3 is 10.1 Å². The molecule has 0 spiro atoms. The molecule has 1 aromatic rings. The maximum atomic E-state index is 5.11. The van der Waals surface area contributed by atoms with Crippen molar-refractivity contribution in [3.63, 3.8) is 0 Å². The molecule has 1 aliphatic carbocycles. The van der Waals surface area contributed by atoms with Gasteiger partial charge >= 0.3 is 0 Å². The highest BCUT2D eigenvalue weighted by Crippen LogP contribution is 2.30. The molecule has 1 N–H and O–H groups in total. The number of benzene rings is 1. The summed E-state index contributed by atoms with van der Waals surface area (Å²) in [7, 11) is 1.75. The molecule has 3 heteroatoms. The first-order valence-corrected chi connectivity index (χ1v) is 8.74. The Hall–Kier alpha value is -0.640. The fraction of sp³-hybridized carbons (Fsp3) is 0.556. The Bertz CT molecular complexity index is 452. The summed E-state index contributed by atoms with van der Waals surface area (Å²) in [5.74, 6) is 0.743. The molecule has 0 atom stereocenters. The number of hydrogen-bond donors (Lipinski definition) is 1. The van der Waals surface area contributed by atoms with Crippen LogP contribution in [0.15, 0.2) is 34.3 Å². The van der Waals surface area contributed by atoms with Crippen molar-refractivity contribution in [1.82, 2.24) is 5.32 Å². The molecule has 0 bridgehead atoms. The molecule has 0 aliphatic heterocycles. The van der Waals surface area contributed by atoms with Crippen molar-refractivity contribution in [2.24, 2.45) is 5.92 Å². The molecule has 0 saturated heterocycles. The maximum Gasteiger partial charge on any atom is 0.0587 e. The summed E-state index contributed by atoms with van der Waals surface area (Å²) in [6, 6.07) is 8.56. The highest BCUT2D eigenvalue weighted by atomic mass is 79.9. The summed E-state index contributed by atoms with van der Waals surface area (Å²) in [6.45, 7) is 2.66. The minimum atomic E-state index is 0.743. The van der Waals surface area contributed by atoms with E-state index in [9.17, 15) is 0 Å². The molecule has 1 saturated carbocycles. The van der Waals surface area contributed by atoms with E-state index >= 15 is 0 Å². The normalized spacial score (nSPS) is 17.1. The molecule has 1 fully saturated rings. The Kier molecular flexibility index (Phi) is 7.48. The van der Waals surface area contributed by atoms with Crippen molar-refractivity contribution in [3.8, 4) is 0 Å². The van der Waals surface area contributed by atoms with Gasteiger partial charge in [-0.1, -0.05) is 59.0 Å². The molecule has 0 amide bonds. The van der Waals surface area contributed by atoms with Gasteiger partial charge in [0.15, 0.2) is 0 Å². The van der Waals surface area contributed by atoms with E-state index in [0.717, 1.165) is 30.1 Å². The zero-order chi connectivity index (χ0) is 14.9. The van der Waals surface area contributed by atoms with E-state index in [1.807, 2.05) is 0 Å². The Morgan fingerprint density at radius 1 is 1.33 bits per heavy atom. The molecule has 0 radical (unpaired) electrons. The van der Waals surface area contributed by atoms with Crippen LogP contribution in [0.2, 0.25) is 0 Å². The van der Waals surface area contributed by atoms with Gasteiger partial charge in [-0.2, -0.15) is 0 Å². The largest absolute Gasteiger partial charge is 0.383 e. The van der Waals surface area contributed by atoms with E-state index in [1.54, 1.807) is 12.7 Å². The van der Waals surface area contributed by atoms with Crippen molar-refractivity contribution in [3.05, 3.63) is 39.9 Å². The zero-order valence-corrected chi connectivity index (χ0v) is 14.5. The molecule has 0 aromatic heterocycles. The second-order valence-corrected chi connectivity index (χ2v) is 6.69. The summed E-state index contributed by atoms with van der Waals surface area (Å²) in [6.07, 6.45) is 9.20. The molecule has 0 heterocycles. The zero-order valence-electron chi connectivity index (χ0n) is 12.9. The van der Waals surface area contributed by atoms with Gasteiger partial charge in [0.05, 0.1) is 6.61 Å². The number of methoxy groups -OCH3 is 1. The summed E-state index contributed by atoms with van der Waals surface area (Å²) >= 11 is 3.56. The van der Waals surface area contributed by atoms with Crippen LogP contribution < -0.4 is 5.32 Å². The van der Waals surface area contributed by atoms with Gasteiger partial charge in [0, 0.05) is 24.7 Å². The van der Waals surface area contributed by atoms with Crippen LogP contribution in [0.25, 0.3) is 6.08 Å². The lowest BCUT2D eigenvalue weighted by Crippen LogP contribution is -2.25. The summed E-state index contributed by atoms with van der Waals surface area (Å²) < 4.78 is 6.26. The van der Waals surface area contributed by atoms with Crippen LogP contribution in [0.5, 0.6) is 0 Å². The van der Waals surface area contributed by atoms with Crippen molar-refractivity contribution < 1.29 is 4.74 Å². The van der Waals surface area contributed by atoms with Crippen LogP contribution >= 0.6 is 15.9 Å². The highest BCUT2D eigenvalue weighted by Gasteiger charge is 2.17. The molecular formula is C18H26BrNO. The van der Waals surface area contributed by atoms with Gasteiger partial charge in [-0.3, -0.25) is 0 Å². The van der Waals surface area contributed by atoms with E-state index in [-0.39, 0.29) is 0 Å². The van der Waals surface area contributed by atoms with Crippen LogP contribution in [0.4, 0.5) is 0 Å². The first-order chi connectivity index (χ1) is 10.3. The number of ether oxygens (including phenoxy) is 1. The van der Waals surface area contributed by atoms with Crippen LogP contribution in [0.1, 0.15) is 37.7 Å². The van der Waals surface area contributed by atoms with Crippen molar-refractivity contribution >= 4 is 22.0 Å². The first-order valence-electron chi connectivity index (χ1n) is 7.95. The monoisotopic (exact) mass is 351 g/mol. The average molecular weight is 352 g/mol. The molecular weight excluding hydrogens is 326 g/mol. The van der Waals surface area contributed by atoms with Crippen molar-refractivity contribution in [1.29, 1.82) is 0 Å². The summed E-state index contributed by atoms with van der Waals surface area (Å²) in [5, 5.41) is 3.51. The van der Waals surface area contributed by atoms with Gasteiger partial charge in [-0.25, -0.2) is 0 Å². The van der Waals surface area contributed by atoms with E-state index in [0.29, 0.717) is 0 Å². The number of hydrogen-bond acceptors (Lipinski definition) is 2. The Morgan fingerprint density at radius 2 is 2.14 bits per heavy atom. The Labute approximate surface area is 137 Å². The lowest BCUT2D eigenvalue weighted by molar-refractivity contribution is 0.200. The third kappa shape index (κ3) is 5.93. The van der Waals surface area contributed by atoms with E-state index in [2.05, 4.69) is 51.6 Å². The minimum absolute atomic E-state index is 0.743. The van der Waals surface area contributed by atoms with E-state index in [4.69, 9.17) is 4.74 Å². The quantitative estimate of drug-likeness (QED) is 0.722. The minimum Gasteiger partial charge on any atom is -0.383 e. The first kappa shape index (κ1) is 16.7. The molecule has 21 heavy (non-hydrogen) atoms. The van der Waals surface area contributed by atoms with Crippen LogP contribution in [-0.2, 0) is 4.74 Å². The van der Waals surface area contributed by atoms with Gasteiger partial charge in [0.1, 0.15) is 0 Å². The second kappa shape index (κ2) is 9.39. The van der Waals surface area contributed by atoms with Gasteiger partial charge in [-0.05, 0) is 36.5 Å². The molecule has 116 valence electrons. The van der Waals surface area contributed by atoms with Gasteiger partial charge in [0.25, 0.3) is 0 Å². The van der Waals surface area contributed by atoms with Crippen LogP contribution in [0, 0.1) is 5.92 Å². The third-order valence-electron chi connectivity index (χ3n) is 4.14. The molecule has 1 aliphatic rings. The van der Waals surface area contributed by atoms with Crippen molar-refractivity contribution in [2.45, 2.75) is 32.1 Å². The lowest BCUT2D eigenvalue weighted by atomic mass is 9.83. The second-order valence-electron chi connectivity index (χ2n) is 5.78. The smallest absolute Gasteiger partial charge is 0.0587 e. The predicted octanol–water partition coefficient (Wildman–Crippen LogP) is 4.65. The van der Waals surface area contributed by atoms with E-state index in [1.165, 1.54) is 37.7 Å². The number of nitrogens with one attached hydrogen (secondary N) is 1. The molecule has 0 unspecified atom stereocenters. The maximum absolute atomic E-state index is 5.11. The lowest BCUT2D eigenvalue weighted by Gasteiger charge is -2.25.